The van der Waals surface area contributed by atoms with Crippen molar-refractivity contribution in [3.8, 4) is 0 Å². The Hall–Kier alpha value is -0.610. The van der Waals surface area contributed by atoms with E-state index in [2.05, 4.69) is 5.32 Å². The molecule has 0 spiro atoms. The molecule has 0 saturated heterocycles. The minimum absolute atomic E-state index is 0.0595. The van der Waals surface area contributed by atoms with Gasteiger partial charge in [-0.3, -0.25) is 0 Å². The highest BCUT2D eigenvalue weighted by Crippen LogP contribution is 2.40. The zero-order valence-electron chi connectivity index (χ0n) is 7.10. The molecule has 1 aromatic carbocycles. The quantitative estimate of drug-likeness (QED) is 0.748. The summed E-state index contributed by atoms with van der Waals surface area (Å²) in [6.07, 6.45) is 0. The fourth-order valence-corrected chi connectivity index (χ4v) is 2.77. The molecule has 0 radical (unpaired) electrons. The molecule has 0 saturated carbocycles. The van der Waals surface area contributed by atoms with Gasteiger partial charge in [0.15, 0.2) is 0 Å². The van der Waals surface area contributed by atoms with Crippen LogP contribution in [0.1, 0.15) is 11.6 Å². The van der Waals surface area contributed by atoms with E-state index in [4.69, 9.17) is 0 Å². The summed E-state index contributed by atoms with van der Waals surface area (Å²) in [7, 11) is 1.75. The van der Waals surface area contributed by atoms with Gasteiger partial charge in [0.25, 0.3) is 0 Å². The summed E-state index contributed by atoms with van der Waals surface area (Å²) in [4.78, 5) is 0.458. The summed E-state index contributed by atoms with van der Waals surface area (Å²) in [5, 5.41) is 2.96. The molecule has 0 aliphatic carbocycles. The molecule has 1 aromatic rings. The van der Waals surface area contributed by atoms with Gasteiger partial charge in [0.2, 0.25) is 0 Å². The molecule has 2 rings (SSSR count). The van der Waals surface area contributed by atoms with E-state index in [-0.39, 0.29) is 17.7 Å². The van der Waals surface area contributed by atoms with Crippen molar-refractivity contribution in [2.24, 2.45) is 0 Å². The minimum Gasteiger partial charge on any atom is -0.312 e. The number of rotatable bonds is 1. The van der Waals surface area contributed by atoms with E-state index in [1.165, 1.54) is 23.9 Å². The zero-order valence-corrected chi connectivity index (χ0v) is 7.92. The van der Waals surface area contributed by atoms with Crippen molar-refractivity contribution in [2.75, 3.05) is 12.8 Å². The Morgan fingerprint density at radius 3 is 2.77 bits per heavy atom. The van der Waals surface area contributed by atoms with Crippen LogP contribution in [0, 0.1) is 11.6 Å². The van der Waals surface area contributed by atoms with Crippen LogP contribution in [0.3, 0.4) is 0 Å². The van der Waals surface area contributed by atoms with Gasteiger partial charge in [0.1, 0.15) is 11.6 Å². The van der Waals surface area contributed by atoms with Crippen molar-refractivity contribution < 1.29 is 8.78 Å². The van der Waals surface area contributed by atoms with Crippen LogP contribution in [0.4, 0.5) is 8.78 Å². The molecule has 1 aliphatic rings. The fourth-order valence-electron chi connectivity index (χ4n) is 1.50. The van der Waals surface area contributed by atoms with Crippen molar-refractivity contribution in [1.82, 2.24) is 5.32 Å². The van der Waals surface area contributed by atoms with Crippen LogP contribution in [-0.2, 0) is 0 Å². The number of thioether (sulfide) groups is 1. The van der Waals surface area contributed by atoms with E-state index in [0.717, 1.165) is 0 Å². The molecular formula is C9H9F2NS. The first-order valence-corrected chi connectivity index (χ1v) is 5.00. The summed E-state index contributed by atoms with van der Waals surface area (Å²) in [6.45, 7) is 0. The lowest BCUT2D eigenvalue weighted by Gasteiger charge is -2.09. The van der Waals surface area contributed by atoms with Gasteiger partial charge >= 0.3 is 0 Å². The molecule has 1 nitrogen and oxygen atoms in total. The number of fused-ring (bicyclic) bond motifs is 1. The zero-order chi connectivity index (χ0) is 9.42. The van der Waals surface area contributed by atoms with Gasteiger partial charge in [-0.15, -0.1) is 11.8 Å². The molecule has 1 atom stereocenters. The molecule has 1 unspecified atom stereocenters. The smallest absolute Gasteiger partial charge is 0.137 e. The lowest BCUT2D eigenvalue weighted by atomic mass is 10.1. The summed E-state index contributed by atoms with van der Waals surface area (Å²) in [6, 6.07) is 2.31. The SMILES string of the molecule is CNC1CSc2c(F)ccc(F)c21. The molecule has 70 valence electrons. The van der Waals surface area contributed by atoms with E-state index < -0.39 is 0 Å². The second-order valence-corrected chi connectivity index (χ2v) is 3.95. The maximum atomic E-state index is 13.3. The van der Waals surface area contributed by atoms with Gasteiger partial charge in [-0.05, 0) is 19.2 Å². The average molecular weight is 201 g/mol. The minimum atomic E-state index is -0.320. The van der Waals surface area contributed by atoms with Gasteiger partial charge in [-0.1, -0.05) is 0 Å². The van der Waals surface area contributed by atoms with Gasteiger partial charge in [0.05, 0.1) is 4.90 Å². The summed E-state index contributed by atoms with van der Waals surface area (Å²) in [5.41, 5.74) is 0.479. The van der Waals surface area contributed by atoms with Crippen molar-refractivity contribution in [3.63, 3.8) is 0 Å². The Balaban J connectivity index is 2.55. The number of hydrogen-bond acceptors (Lipinski definition) is 2. The normalized spacial score (nSPS) is 20.4. The number of hydrogen-bond donors (Lipinski definition) is 1. The Morgan fingerprint density at radius 2 is 2.08 bits per heavy atom. The average Bonchev–Trinajstić information content (AvgIpc) is 2.56. The standard InChI is InChI=1S/C9H9F2NS/c1-12-7-4-13-9-6(11)3-2-5(10)8(7)9/h2-3,7,12H,4H2,1H3. The third-order valence-corrected chi connectivity index (χ3v) is 3.39. The van der Waals surface area contributed by atoms with E-state index >= 15 is 0 Å². The molecule has 13 heavy (non-hydrogen) atoms. The number of benzene rings is 1. The van der Waals surface area contributed by atoms with Gasteiger partial charge < -0.3 is 5.32 Å². The van der Waals surface area contributed by atoms with Crippen LogP contribution >= 0.6 is 11.8 Å². The van der Waals surface area contributed by atoms with Crippen molar-refractivity contribution in [1.29, 1.82) is 0 Å². The van der Waals surface area contributed by atoms with Crippen LogP contribution in [0.2, 0.25) is 0 Å². The Morgan fingerprint density at radius 1 is 1.38 bits per heavy atom. The van der Waals surface area contributed by atoms with E-state index in [9.17, 15) is 8.78 Å². The van der Waals surface area contributed by atoms with Crippen molar-refractivity contribution in [2.45, 2.75) is 10.9 Å². The van der Waals surface area contributed by atoms with Crippen LogP contribution < -0.4 is 5.32 Å². The lowest BCUT2D eigenvalue weighted by Crippen LogP contribution is -2.16. The molecule has 1 heterocycles. The molecule has 0 fully saturated rings. The molecule has 0 amide bonds. The van der Waals surface area contributed by atoms with Crippen LogP contribution in [0.25, 0.3) is 0 Å². The molecule has 0 bridgehead atoms. The summed E-state index contributed by atoms with van der Waals surface area (Å²) in [5.74, 6) is 0.0591. The first kappa shape index (κ1) is 8.97. The Labute approximate surface area is 79.5 Å². The largest absolute Gasteiger partial charge is 0.312 e. The maximum absolute atomic E-state index is 13.3. The van der Waals surface area contributed by atoms with E-state index in [0.29, 0.717) is 16.2 Å². The highest BCUT2D eigenvalue weighted by molar-refractivity contribution is 7.99. The lowest BCUT2D eigenvalue weighted by molar-refractivity contribution is 0.536. The third kappa shape index (κ3) is 1.34. The molecular weight excluding hydrogens is 192 g/mol. The van der Waals surface area contributed by atoms with Crippen molar-refractivity contribution >= 4 is 11.8 Å². The molecule has 1 aliphatic heterocycles. The van der Waals surface area contributed by atoms with E-state index in [1.54, 1.807) is 7.05 Å². The van der Waals surface area contributed by atoms with Gasteiger partial charge in [-0.2, -0.15) is 0 Å². The molecule has 0 aromatic heterocycles. The van der Waals surface area contributed by atoms with Gasteiger partial charge in [-0.25, -0.2) is 8.78 Å². The second-order valence-electron chi connectivity index (χ2n) is 2.92. The summed E-state index contributed by atoms with van der Waals surface area (Å²) < 4.78 is 26.5. The predicted octanol–water partition coefficient (Wildman–Crippen LogP) is 2.33. The first-order chi connectivity index (χ1) is 6.24. The Kier molecular flexibility index (Phi) is 2.26. The van der Waals surface area contributed by atoms with Crippen LogP contribution in [-0.4, -0.2) is 12.8 Å². The first-order valence-electron chi connectivity index (χ1n) is 4.02. The predicted molar refractivity (Wildman–Crippen MR) is 48.9 cm³/mol. The number of nitrogens with one attached hydrogen (secondary N) is 1. The third-order valence-electron chi connectivity index (χ3n) is 2.19. The summed E-state index contributed by atoms with van der Waals surface area (Å²) >= 11 is 1.36. The maximum Gasteiger partial charge on any atom is 0.137 e. The molecule has 4 heteroatoms. The molecule has 1 N–H and O–H groups in total. The van der Waals surface area contributed by atoms with Crippen molar-refractivity contribution in [3.05, 3.63) is 29.3 Å². The second kappa shape index (κ2) is 3.27. The topological polar surface area (TPSA) is 12.0 Å². The van der Waals surface area contributed by atoms with Gasteiger partial charge in [0, 0.05) is 17.4 Å². The fraction of sp³-hybridized carbons (Fsp3) is 0.333. The van der Waals surface area contributed by atoms with Crippen LogP contribution in [0.5, 0.6) is 0 Å². The highest BCUT2D eigenvalue weighted by Gasteiger charge is 2.27. The number of halogens is 2. The highest BCUT2D eigenvalue weighted by atomic mass is 32.2. The van der Waals surface area contributed by atoms with Crippen LogP contribution in [0.15, 0.2) is 17.0 Å². The Bertz CT molecular complexity index is 341. The monoisotopic (exact) mass is 201 g/mol. The van der Waals surface area contributed by atoms with E-state index in [1.807, 2.05) is 0 Å².